The van der Waals surface area contributed by atoms with E-state index in [9.17, 15) is 27.9 Å². The number of ether oxygens (including phenoxy) is 1. The molecule has 0 atom stereocenters. The first-order valence-corrected chi connectivity index (χ1v) is 6.46. The van der Waals surface area contributed by atoms with E-state index in [-0.39, 0.29) is 6.54 Å². The van der Waals surface area contributed by atoms with Gasteiger partial charge in [0.1, 0.15) is 0 Å². The van der Waals surface area contributed by atoms with Crippen molar-refractivity contribution in [1.29, 1.82) is 0 Å². The summed E-state index contributed by atoms with van der Waals surface area (Å²) in [6.07, 6.45) is -1.72. The maximum absolute atomic E-state index is 11.9. The van der Waals surface area contributed by atoms with E-state index >= 15 is 0 Å². The molecule has 0 aromatic heterocycles. The molecule has 1 aliphatic rings. The summed E-state index contributed by atoms with van der Waals surface area (Å²) in [5, 5.41) is 11.4. The Labute approximate surface area is 114 Å². The molecular weight excluding hydrogens is 279 g/mol. The van der Waals surface area contributed by atoms with Crippen molar-refractivity contribution >= 4 is 12.1 Å². The number of rotatable bonds is 4. The number of alkyl halides is 3. The Morgan fingerprint density at radius 1 is 1.15 bits per heavy atom. The molecule has 5 nitrogen and oxygen atoms in total. The summed E-state index contributed by atoms with van der Waals surface area (Å²) in [6, 6.07) is 0. The highest BCUT2D eigenvalue weighted by Crippen LogP contribution is 2.34. The van der Waals surface area contributed by atoms with Crippen molar-refractivity contribution in [2.45, 2.75) is 44.7 Å². The number of nitrogens with one attached hydrogen (secondary N) is 1. The van der Waals surface area contributed by atoms with Crippen LogP contribution < -0.4 is 5.32 Å². The molecule has 2 N–H and O–H groups in total. The van der Waals surface area contributed by atoms with E-state index in [1.54, 1.807) is 0 Å². The average molecular weight is 297 g/mol. The van der Waals surface area contributed by atoms with Crippen LogP contribution in [0.4, 0.5) is 18.0 Å². The van der Waals surface area contributed by atoms with E-state index in [1.165, 1.54) is 0 Å². The maximum atomic E-state index is 11.9. The maximum Gasteiger partial charge on any atom is 0.422 e. The second kappa shape index (κ2) is 6.81. The lowest BCUT2D eigenvalue weighted by atomic mass is 9.80. The lowest BCUT2D eigenvalue weighted by Crippen LogP contribution is -2.43. The number of aliphatic carboxylic acids is 1. The molecule has 1 saturated carbocycles. The molecule has 0 aliphatic heterocycles. The minimum absolute atomic E-state index is 0.209. The third-order valence-corrected chi connectivity index (χ3v) is 3.45. The zero-order valence-corrected chi connectivity index (χ0v) is 11.0. The smallest absolute Gasteiger partial charge is 0.422 e. The van der Waals surface area contributed by atoms with Gasteiger partial charge >= 0.3 is 18.2 Å². The summed E-state index contributed by atoms with van der Waals surface area (Å²) in [4.78, 5) is 22.5. The molecule has 0 saturated heterocycles. The monoisotopic (exact) mass is 297 g/mol. The number of alkyl carbamates (subject to hydrolysis) is 1. The molecule has 20 heavy (non-hydrogen) atoms. The zero-order valence-electron chi connectivity index (χ0n) is 11.0. The van der Waals surface area contributed by atoms with Crippen molar-refractivity contribution in [3.8, 4) is 0 Å². The Morgan fingerprint density at radius 2 is 1.70 bits per heavy atom. The predicted octanol–water partition coefficient (Wildman–Crippen LogP) is 2.70. The lowest BCUT2D eigenvalue weighted by Gasteiger charge is -2.28. The van der Waals surface area contributed by atoms with Crippen LogP contribution in [0.2, 0.25) is 0 Å². The van der Waals surface area contributed by atoms with E-state index in [1.807, 2.05) is 0 Å². The van der Waals surface area contributed by atoms with Crippen LogP contribution in [0.25, 0.3) is 0 Å². The van der Waals surface area contributed by atoms with Gasteiger partial charge in [-0.25, -0.2) is 4.79 Å². The molecule has 1 rings (SSSR count). The van der Waals surface area contributed by atoms with Gasteiger partial charge in [-0.15, -0.1) is 0 Å². The number of hydrogen-bond donors (Lipinski definition) is 2. The number of hydrogen-bond acceptors (Lipinski definition) is 3. The minimum Gasteiger partial charge on any atom is -0.481 e. The molecule has 0 bridgehead atoms. The highest BCUT2D eigenvalue weighted by atomic mass is 19.4. The van der Waals surface area contributed by atoms with E-state index < -0.39 is 30.3 Å². The van der Waals surface area contributed by atoms with Crippen LogP contribution in [0.5, 0.6) is 0 Å². The van der Waals surface area contributed by atoms with Crippen molar-refractivity contribution in [1.82, 2.24) is 5.32 Å². The molecular formula is C12H18F3NO4. The fourth-order valence-electron chi connectivity index (χ4n) is 2.31. The van der Waals surface area contributed by atoms with Gasteiger partial charge in [-0.2, -0.15) is 13.2 Å². The van der Waals surface area contributed by atoms with E-state index in [0.717, 1.165) is 25.7 Å². The van der Waals surface area contributed by atoms with Crippen molar-refractivity contribution < 1.29 is 32.6 Å². The first kappa shape index (κ1) is 16.6. The number of amides is 1. The Morgan fingerprint density at radius 3 is 2.15 bits per heavy atom. The second-order valence-corrected chi connectivity index (χ2v) is 5.04. The number of halogens is 3. The van der Waals surface area contributed by atoms with E-state index in [0.29, 0.717) is 12.8 Å². The van der Waals surface area contributed by atoms with Crippen molar-refractivity contribution in [2.75, 3.05) is 13.2 Å². The van der Waals surface area contributed by atoms with Crippen LogP contribution in [-0.2, 0) is 9.53 Å². The normalized spacial score (nSPS) is 18.9. The van der Waals surface area contributed by atoms with Gasteiger partial charge in [-0.1, -0.05) is 25.7 Å². The minimum atomic E-state index is -4.59. The third-order valence-electron chi connectivity index (χ3n) is 3.45. The first-order chi connectivity index (χ1) is 9.25. The fourth-order valence-corrected chi connectivity index (χ4v) is 2.31. The molecule has 1 amide bonds. The van der Waals surface area contributed by atoms with Gasteiger partial charge < -0.3 is 15.2 Å². The topological polar surface area (TPSA) is 75.6 Å². The second-order valence-electron chi connectivity index (χ2n) is 5.04. The summed E-state index contributed by atoms with van der Waals surface area (Å²) in [6.45, 7) is -1.89. The molecule has 0 aromatic rings. The number of carbonyl (C=O) groups excluding carboxylic acids is 1. The third kappa shape index (κ3) is 5.26. The Balaban J connectivity index is 2.50. The van der Waals surface area contributed by atoms with Crippen LogP contribution in [0, 0.1) is 5.41 Å². The van der Waals surface area contributed by atoms with Crippen LogP contribution in [-0.4, -0.2) is 36.5 Å². The van der Waals surface area contributed by atoms with Crippen LogP contribution in [0.3, 0.4) is 0 Å². The fraction of sp³-hybridized carbons (Fsp3) is 0.833. The average Bonchev–Trinajstić information content (AvgIpc) is 2.59. The standard InChI is InChI=1S/C12H18F3NO4/c13-12(14,15)8-20-10(19)16-7-11(9(17)18)5-3-1-2-4-6-11/h1-8H2,(H,16,19)(H,17,18). The van der Waals surface area contributed by atoms with Gasteiger partial charge in [-0.3, -0.25) is 4.79 Å². The van der Waals surface area contributed by atoms with Crippen LogP contribution in [0.1, 0.15) is 38.5 Å². The molecule has 1 aliphatic carbocycles. The van der Waals surface area contributed by atoms with Crippen LogP contribution in [0.15, 0.2) is 0 Å². The van der Waals surface area contributed by atoms with Gasteiger partial charge in [0.15, 0.2) is 6.61 Å². The molecule has 0 spiro atoms. The number of carbonyl (C=O) groups is 2. The SMILES string of the molecule is O=C(NCC1(C(=O)O)CCCCCC1)OCC(F)(F)F. The molecule has 8 heteroatoms. The quantitative estimate of drug-likeness (QED) is 0.782. The molecule has 1 fully saturated rings. The van der Waals surface area contributed by atoms with Crippen molar-refractivity contribution in [3.63, 3.8) is 0 Å². The molecule has 0 heterocycles. The van der Waals surface area contributed by atoms with Gasteiger partial charge in [0.2, 0.25) is 0 Å². The van der Waals surface area contributed by atoms with E-state index in [2.05, 4.69) is 10.1 Å². The summed E-state index contributed by atoms with van der Waals surface area (Å²) in [5.41, 5.74) is -1.10. The summed E-state index contributed by atoms with van der Waals surface area (Å²) in [5.74, 6) is -1.03. The zero-order chi connectivity index (χ0) is 15.2. The summed E-state index contributed by atoms with van der Waals surface area (Å²) < 4.78 is 39.6. The first-order valence-electron chi connectivity index (χ1n) is 6.46. The molecule has 0 aromatic carbocycles. The van der Waals surface area contributed by atoms with Crippen molar-refractivity contribution in [2.24, 2.45) is 5.41 Å². The molecule has 0 unspecified atom stereocenters. The lowest BCUT2D eigenvalue weighted by molar-refractivity contribution is -0.161. The van der Waals surface area contributed by atoms with Crippen molar-refractivity contribution in [3.05, 3.63) is 0 Å². The Hall–Kier alpha value is -1.47. The largest absolute Gasteiger partial charge is 0.481 e. The highest BCUT2D eigenvalue weighted by Gasteiger charge is 2.39. The van der Waals surface area contributed by atoms with Gasteiger partial charge in [0.05, 0.1) is 5.41 Å². The Bertz CT molecular complexity index is 349. The van der Waals surface area contributed by atoms with Gasteiger partial charge in [-0.05, 0) is 12.8 Å². The Kier molecular flexibility index (Phi) is 5.64. The van der Waals surface area contributed by atoms with Crippen LogP contribution >= 0.6 is 0 Å². The predicted molar refractivity (Wildman–Crippen MR) is 63.2 cm³/mol. The van der Waals surface area contributed by atoms with E-state index in [4.69, 9.17) is 0 Å². The highest BCUT2D eigenvalue weighted by molar-refractivity contribution is 5.76. The summed E-state index contributed by atoms with van der Waals surface area (Å²) in [7, 11) is 0. The number of carboxylic acid groups (broad SMARTS) is 1. The summed E-state index contributed by atoms with van der Waals surface area (Å²) >= 11 is 0. The molecule has 116 valence electrons. The van der Waals surface area contributed by atoms with Gasteiger partial charge in [0.25, 0.3) is 0 Å². The molecule has 0 radical (unpaired) electrons. The number of carboxylic acids is 1. The van der Waals surface area contributed by atoms with Gasteiger partial charge in [0, 0.05) is 6.54 Å².